The molecule has 2 aliphatic rings. The first-order valence-corrected chi connectivity index (χ1v) is 13.7. The molecule has 0 N–H and O–H groups in total. The zero-order valence-electron chi connectivity index (χ0n) is 23.3. The van der Waals surface area contributed by atoms with E-state index in [9.17, 15) is 14.4 Å². The van der Waals surface area contributed by atoms with Crippen LogP contribution >= 0.6 is 0 Å². The van der Waals surface area contributed by atoms with Gasteiger partial charge in [-0.2, -0.15) is 0 Å². The van der Waals surface area contributed by atoms with Crippen molar-refractivity contribution in [3.63, 3.8) is 0 Å². The van der Waals surface area contributed by atoms with Gasteiger partial charge in [0.25, 0.3) is 11.8 Å². The fourth-order valence-corrected chi connectivity index (χ4v) is 3.84. The van der Waals surface area contributed by atoms with Crippen LogP contribution in [-0.2, 0) is 33.4 Å². The second kappa shape index (κ2) is 17.1. The summed E-state index contributed by atoms with van der Waals surface area (Å²) in [4.78, 5) is 41.2. The standard InChI is InChI=1S/C29H35NO12/c31-27-7-8-28(32)30(27)42-29(33)22-5-6-25-26(21-22)41-20-16-37-12-11-35-14-18-39-24-4-2-1-3-23(24)38-17-13-34-9-10-36-15-19-40-25/h1-6,21H,7-20H2. The number of hydrogen-bond donors (Lipinski definition) is 0. The van der Waals surface area contributed by atoms with E-state index in [1.165, 1.54) is 12.1 Å². The summed E-state index contributed by atoms with van der Waals surface area (Å²) < 4.78 is 45.5. The Balaban J connectivity index is 1.31. The van der Waals surface area contributed by atoms with Crippen LogP contribution in [0.4, 0.5) is 0 Å². The summed E-state index contributed by atoms with van der Waals surface area (Å²) >= 11 is 0. The van der Waals surface area contributed by atoms with Crippen LogP contribution in [0.5, 0.6) is 23.0 Å². The predicted octanol–water partition coefficient (Wildman–Crippen LogP) is 2.20. The third-order valence-electron chi connectivity index (χ3n) is 5.89. The quantitative estimate of drug-likeness (QED) is 0.475. The molecule has 0 spiro atoms. The lowest BCUT2D eigenvalue weighted by atomic mass is 10.2. The number of nitrogens with zero attached hydrogens (tertiary/aromatic N) is 1. The second-order valence-electron chi connectivity index (χ2n) is 8.91. The number of benzene rings is 2. The molecule has 42 heavy (non-hydrogen) atoms. The fourth-order valence-electron chi connectivity index (χ4n) is 3.84. The third-order valence-corrected chi connectivity index (χ3v) is 5.89. The molecule has 0 aromatic heterocycles. The number of amides is 2. The molecule has 2 heterocycles. The molecule has 2 aliphatic heterocycles. The number of carbonyl (C=O) groups is 3. The van der Waals surface area contributed by atoms with Gasteiger partial charge in [-0.1, -0.05) is 12.1 Å². The van der Waals surface area contributed by atoms with Crippen molar-refractivity contribution in [1.29, 1.82) is 0 Å². The van der Waals surface area contributed by atoms with Crippen molar-refractivity contribution >= 4 is 17.8 Å². The Labute approximate surface area is 243 Å². The van der Waals surface area contributed by atoms with Crippen molar-refractivity contribution in [2.24, 2.45) is 0 Å². The molecular weight excluding hydrogens is 554 g/mol. The molecule has 0 unspecified atom stereocenters. The average molecular weight is 590 g/mol. The third kappa shape index (κ3) is 9.87. The lowest BCUT2D eigenvalue weighted by Crippen LogP contribution is -2.32. The molecule has 0 atom stereocenters. The summed E-state index contributed by atoms with van der Waals surface area (Å²) in [6.45, 7) is 3.81. The molecule has 228 valence electrons. The molecule has 1 fully saturated rings. The molecule has 2 aromatic rings. The smallest absolute Gasteiger partial charge is 0.364 e. The molecule has 0 aliphatic carbocycles. The number of carbonyl (C=O) groups excluding carboxylic acids is 3. The van der Waals surface area contributed by atoms with Crippen LogP contribution in [0.1, 0.15) is 23.2 Å². The maximum absolute atomic E-state index is 12.6. The molecule has 0 saturated carbocycles. The Kier molecular flexibility index (Phi) is 12.7. The Bertz CT molecular complexity index is 1160. The SMILES string of the molecule is O=C(ON1C(=O)CCC1=O)c1ccc2c(c1)OCCOCCOCCOc1ccccc1OCCOCCOCCO2. The molecule has 2 aromatic carbocycles. The van der Waals surface area contributed by atoms with Gasteiger partial charge in [0.15, 0.2) is 23.0 Å². The normalized spacial score (nSPS) is 18.6. The van der Waals surface area contributed by atoms with Gasteiger partial charge >= 0.3 is 5.97 Å². The van der Waals surface area contributed by atoms with Gasteiger partial charge in [-0.05, 0) is 30.3 Å². The number of hydroxylamine groups is 2. The summed E-state index contributed by atoms with van der Waals surface area (Å²) in [5, 5.41) is 0.494. The molecule has 0 bridgehead atoms. The van der Waals surface area contributed by atoms with Crippen LogP contribution in [0.25, 0.3) is 0 Å². The highest BCUT2D eigenvalue weighted by Crippen LogP contribution is 2.29. The van der Waals surface area contributed by atoms with Gasteiger partial charge < -0.3 is 42.7 Å². The molecule has 13 heteroatoms. The number of rotatable bonds is 2. The van der Waals surface area contributed by atoms with E-state index in [1.807, 2.05) is 24.3 Å². The van der Waals surface area contributed by atoms with E-state index in [-0.39, 0.29) is 50.6 Å². The number of para-hydroxylation sites is 2. The van der Waals surface area contributed by atoms with Crippen molar-refractivity contribution in [2.45, 2.75) is 12.8 Å². The van der Waals surface area contributed by atoms with Gasteiger partial charge in [-0.15, -0.1) is 5.06 Å². The van der Waals surface area contributed by atoms with Crippen LogP contribution in [0.2, 0.25) is 0 Å². The Morgan fingerprint density at radius 2 is 0.952 bits per heavy atom. The summed E-state index contributed by atoms with van der Waals surface area (Å²) in [6.07, 6.45) is 0.00637. The number of hydrogen-bond acceptors (Lipinski definition) is 12. The van der Waals surface area contributed by atoms with Gasteiger partial charge in [-0.3, -0.25) is 9.59 Å². The summed E-state index contributed by atoms with van der Waals surface area (Å²) in [6, 6.07) is 11.8. The molecule has 2 amide bonds. The van der Waals surface area contributed by atoms with E-state index in [0.717, 1.165) is 0 Å². The summed E-state index contributed by atoms with van der Waals surface area (Å²) in [5.74, 6) is -0.107. The molecule has 13 nitrogen and oxygen atoms in total. The van der Waals surface area contributed by atoms with Crippen molar-refractivity contribution in [3.05, 3.63) is 48.0 Å². The minimum atomic E-state index is -0.871. The highest BCUT2D eigenvalue weighted by molar-refractivity contribution is 6.02. The van der Waals surface area contributed by atoms with Crippen molar-refractivity contribution < 1.29 is 57.1 Å². The monoisotopic (exact) mass is 589 g/mol. The van der Waals surface area contributed by atoms with Crippen LogP contribution in [-0.4, -0.2) is 102 Å². The summed E-state index contributed by atoms with van der Waals surface area (Å²) in [5.41, 5.74) is 0.0783. The maximum atomic E-state index is 12.6. The zero-order valence-corrected chi connectivity index (χ0v) is 23.3. The first kappa shape index (κ1) is 31.0. The second-order valence-corrected chi connectivity index (χ2v) is 8.91. The highest BCUT2D eigenvalue weighted by atomic mass is 16.7. The molecule has 4 rings (SSSR count). The maximum Gasteiger partial charge on any atom is 0.364 e. The van der Waals surface area contributed by atoms with Gasteiger partial charge in [-0.25, -0.2) is 4.79 Å². The van der Waals surface area contributed by atoms with Gasteiger partial charge in [0, 0.05) is 12.8 Å². The minimum absolute atomic E-state index is 0.00318. The molecular formula is C29H35NO12. The zero-order chi connectivity index (χ0) is 29.4. The van der Waals surface area contributed by atoms with E-state index < -0.39 is 17.8 Å². The van der Waals surface area contributed by atoms with Gasteiger partial charge in [0.1, 0.15) is 26.4 Å². The Morgan fingerprint density at radius 1 is 0.548 bits per heavy atom. The van der Waals surface area contributed by atoms with E-state index in [1.54, 1.807) is 6.07 Å². The summed E-state index contributed by atoms with van der Waals surface area (Å²) in [7, 11) is 0. The van der Waals surface area contributed by atoms with E-state index in [0.29, 0.717) is 75.2 Å². The lowest BCUT2D eigenvalue weighted by Gasteiger charge is -2.16. The van der Waals surface area contributed by atoms with Crippen molar-refractivity contribution in [3.8, 4) is 23.0 Å². The van der Waals surface area contributed by atoms with Crippen LogP contribution in [0.3, 0.4) is 0 Å². The molecule has 0 radical (unpaired) electrons. The number of imide groups is 1. The van der Waals surface area contributed by atoms with E-state index >= 15 is 0 Å². The Hall–Kier alpha value is -3.91. The number of ether oxygens (including phenoxy) is 8. The Morgan fingerprint density at radius 3 is 1.43 bits per heavy atom. The van der Waals surface area contributed by atoms with Crippen LogP contribution in [0.15, 0.2) is 42.5 Å². The highest BCUT2D eigenvalue weighted by Gasteiger charge is 2.33. The number of fused-ring (bicyclic) bond motifs is 2. The van der Waals surface area contributed by atoms with Crippen LogP contribution < -0.4 is 18.9 Å². The first-order chi connectivity index (χ1) is 20.6. The topological polar surface area (TPSA) is 138 Å². The van der Waals surface area contributed by atoms with E-state index in [2.05, 4.69) is 0 Å². The lowest BCUT2D eigenvalue weighted by molar-refractivity contribution is -0.172. The molecule has 1 saturated heterocycles. The predicted molar refractivity (Wildman–Crippen MR) is 145 cm³/mol. The van der Waals surface area contributed by atoms with Gasteiger partial charge in [0.05, 0.1) is 58.4 Å². The van der Waals surface area contributed by atoms with Crippen molar-refractivity contribution in [1.82, 2.24) is 5.06 Å². The fraction of sp³-hybridized carbons (Fsp3) is 0.483. The van der Waals surface area contributed by atoms with Gasteiger partial charge in [0.2, 0.25) is 0 Å². The van der Waals surface area contributed by atoms with E-state index in [4.69, 9.17) is 42.7 Å². The average Bonchev–Trinajstić information content (AvgIpc) is 3.31. The first-order valence-electron chi connectivity index (χ1n) is 13.7. The largest absolute Gasteiger partial charge is 0.487 e. The van der Waals surface area contributed by atoms with Crippen molar-refractivity contribution in [2.75, 3.05) is 79.3 Å². The van der Waals surface area contributed by atoms with Crippen LogP contribution in [0, 0.1) is 0 Å². The minimum Gasteiger partial charge on any atom is -0.487 e.